The predicted molar refractivity (Wildman–Crippen MR) is 93.1 cm³/mol. The molecule has 1 aromatic rings. The second-order valence-electron chi connectivity index (χ2n) is 6.47. The number of nitro benzene ring substituents is 1. The smallest absolute Gasteiger partial charge is 0.410 e. The zero-order chi connectivity index (χ0) is 18.1. The fraction of sp³-hybridized carbons (Fsp3) is 0.533. The van der Waals surface area contributed by atoms with Gasteiger partial charge >= 0.3 is 11.8 Å². The summed E-state index contributed by atoms with van der Waals surface area (Å²) in [6, 6.07) is 2.87. The van der Waals surface area contributed by atoms with Gasteiger partial charge in [0, 0.05) is 31.2 Å². The van der Waals surface area contributed by atoms with E-state index < -0.39 is 10.5 Å². The summed E-state index contributed by atoms with van der Waals surface area (Å²) in [5.41, 5.74) is -0.374. The van der Waals surface area contributed by atoms with Crippen LogP contribution in [0.25, 0.3) is 0 Å². The predicted octanol–water partition coefficient (Wildman–Crippen LogP) is 3.96. The molecule has 2 rings (SSSR count). The van der Waals surface area contributed by atoms with Crippen molar-refractivity contribution in [1.29, 1.82) is 0 Å². The summed E-state index contributed by atoms with van der Waals surface area (Å²) >= 11 is 11.9. The van der Waals surface area contributed by atoms with Crippen molar-refractivity contribution in [3.8, 4) is 0 Å². The molecule has 1 aliphatic rings. The quantitative estimate of drug-likeness (QED) is 0.577. The van der Waals surface area contributed by atoms with E-state index in [0.29, 0.717) is 36.9 Å². The Kier molecular flexibility index (Phi) is 5.45. The van der Waals surface area contributed by atoms with E-state index >= 15 is 0 Å². The molecule has 0 atom stereocenters. The standard InChI is InChI=1S/C15H19Cl2N3O4/c1-15(2,3)24-14(21)19-6-4-18(5-7-19)12-9-10(16)8-11(17)13(12)20(22)23/h8-9H,4-7H2,1-3H3. The van der Waals surface area contributed by atoms with Gasteiger partial charge in [-0.1, -0.05) is 23.2 Å². The van der Waals surface area contributed by atoms with Crippen LogP contribution in [0.2, 0.25) is 10.0 Å². The summed E-state index contributed by atoms with van der Waals surface area (Å²) in [6.45, 7) is 7.06. The monoisotopic (exact) mass is 375 g/mol. The van der Waals surface area contributed by atoms with Crippen LogP contribution < -0.4 is 4.90 Å². The first-order valence-corrected chi connectivity index (χ1v) is 8.20. The van der Waals surface area contributed by atoms with Crippen molar-refractivity contribution in [3.05, 3.63) is 32.3 Å². The second kappa shape index (κ2) is 7.03. The number of hydrogen-bond donors (Lipinski definition) is 0. The fourth-order valence-electron chi connectivity index (χ4n) is 2.43. The Morgan fingerprint density at radius 2 is 1.79 bits per heavy atom. The van der Waals surface area contributed by atoms with Gasteiger partial charge in [0.1, 0.15) is 16.3 Å². The molecule has 0 radical (unpaired) electrons. The first-order chi connectivity index (χ1) is 11.1. The molecule has 0 N–H and O–H groups in total. The molecule has 9 heteroatoms. The van der Waals surface area contributed by atoms with Crippen molar-refractivity contribution in [2.45, 2.75) is 26.4 Å². The van der Waals surface area contributed by atoms with E-state index in [1.54, 1.807) is 30.6 Å². The lowest BCUT2D eigenvalue weighted by molar-refractivity contribution is -0.384. The Morgan fingerprint density at radius 1 is 1.21 bits per heavy atom. The van der Waals surface area contributed by atoms with Gasteiger partial charge in [-0.15, -0.1) is 0 Å². The topological polar surface area (TPSA) is 75.9 Å². The molecular formula is C15H19Cl2N3O4. The van der Waals surface area contributed by atoms with Crippen molar-refractivity contribution in [2.24, 2.45) is 0 Å². The molecule has 24 heavy (non-hydrogen) atoms. The average Bonchev–Trinajstić information content (AvgIpc) is 2.44. The van der Waals surface area contributed by atoms with E-state index in [4.69, 9.17) is 27.9 Å². The number of ether oxygens (including phenoxy) is 1. The van der Waals surface area contributed by atoms with E-state index in [-0.39, 0.29) is 16.8 Å². The lowest BCUT2D eigenvalue weighted by atomic mass is 10.2. The van der Waals surface area contributed by atoms with Gasteiger partial charge in [0.05, 0.1) is 4.92 Å². The van der Waals surface area contributed by atoms with Crippen LogP contribution in [0.15, 0.2) is 12.1 Å². The minimum Gasteiger partial charge on any atom is -0.444 e. The van der Waals surface area contributed by atoms with Crippen LogP contribution in [-0.2, 0) is 4.74 Å². The van der Waals surface area contributed by atoms with Crippen LogP contribution in [0.4, 0.5) is 16.2 Å². The van der Waals surface area contributed by atoms with Crippen molar-refractivity contribution >= 4 is 40.7 Å². The summed E-state index contributed by atoms with van der Waals surface area (Å²) in [5, 5.41) is 11.6. The van der Waals surface area contributed by atoms with Crippen molar-refractivity contribution < 1.29 is 14.5 Å². The summed E-state index contributed by atoms with van der Waals surface area (Å²) in [4.78, 5) is 26.2. The molecule has 0 bridgehead atoms. The van der Waals surface area contributed by atoms with Gasteiger partial charge < -0.3 is 14.5 Å². The number of nitro groups is 1. The van der Waals surface area contributed by atoms with E-state index in [0.717, 1.165) is 0 Å². The summed E-state index contributed by atoms with van der Waals surface area (Å²) < 4.78 is 5.34. The highest BCUT2D eigenvalue weighted by Gasteiger charge is 2.30. The number of amides is 1. The number of rotatable bonds is 2. The number of anilines is 1. The number of piperazine rings is 1. The van der Waals surface area contributed by atoms with Gasteiger partial charge in [0.15, 0.2) is 0 Å². The lowest BCUT2D eigenvalue weighted by Gasteiger charge is -2.36. The molecular weight excluding hydrogens is 357 g/mol. The van der Waals surface area contributed by atoms with Gasteiger partial charge in [0.25, 0.3) is 0 Å². The summed E-state index contributed by atoms with van der Waals surface area (Å²) in [7, 11) is 0. The maximum absolute atomic E-state index is 12.1. The molecule has 1 saturated heterocycles. The Balaban J connectivity index is 2.13. The molecule has 1 heterocycles. The lowest BCUT2D eigenvalue weighted by Crippen LogP contribution is -2.50. The highest BCUT2D eigenvalue weighted by molar-refractivity contribution is 6.36. The number of benzene rings is 1. The number of halogens is 2. The SMILES string of the molecule is CC(C)(C)OC(=O)N1CCN(c2cc(Cl)cc(Cl)c2[N+](=O)[O-])CC1. The van der Waals surface area contributed by atoms with Crippen molar-refractivity contribution in [2.75, 3.05) is 31.1 Å². The number of hydrogen-bond acceptors (Lipinski definition) is 5. The first-order valence-electron chi connectivity index (χ1n) is 7.45. The van der Waals surface area contributed by atoms with Crippen LogP contribution in [0.1, 0.15) is 20.8 Å². The minimum absolute atomic E-state index is 0.00271. The van der Waals surface area contributed by atoms with Gasteiger partial charge in [0.2, 0.25) is 0 Å². The number of carbonyl (C=O) groups is 1. The zero-order valence-corrected chi connectivity index (χ0v) is 15.2. The zero-order valence-electron chi connectivity index (χ0n) is 13.7. The fourth-order valence-corrected chi connectivity index (χ4v) is 2.98. The number of carbonyl (C=O) groups excluding carboxylic acids is 1. The third-order valence-corrected chi connectivity index (χ3v) is 3.97. The molecule has 1 fully saturated rings. The minimum atomic E-state index is -0.562. The van der Waals surface area contributed by atoms with E-state index in [1.807, 2.05) is 0 Å². The third kappa shape index (κ3) is 4.42. The van der Waals surface area contributed by atoms with Crippen LogP contribution >= 0.6 is 23.2 Å². The maximum atomic E-state index is 12.1. The number of nitrogens with zero attached hydrogens (tertiary/aromatic N) is 3. The molecule has 1 amide bonds. The van der Waals surface area contributed by atoms with Crippen molar-refractivity contribution in [1.82, 2.24) is 4.90 Å². The highest BCUT2D eigenvalue weighted by atomic mass is 35.5. The van der Waals surface area contributed by atoms with Gasteiger partial charge in [-0.2, -0.15) is 0 Å². The maximum Gasteiger partial charge on any atom is 0.410 e. The molecule has 132 valence electrons. The normalized spacial score (nSPS) is 15.4. The van der Waals surface area contributed by atoms with Crippen LogP contribution in [0, 0.1) is 10.1 Å². The van der Waals surface area contributed by atoms with Gasteiger partial charge in [-0.25, -0.2) is 4.79 Å². The Labute approximate surface area is 150 Å². The Bertz CT molecular complexity index is 653. The molecule has 0 aliphatic carbocycles. The summed E-state index contributed by atoms with van der Waals surface area (Å²) in [6.07, 6.45) is -0.388. The van der Waals surface area contributed by atoms with Crippen LogP contribution in [0.5, 0.6) is 0 Å². The molecule has 1 aromatic carbocycles. The molecule has 0 unspecified atom stereocenters. The molecule has 7 nitrogen and oxygen atoms in total. The Hall–Kier alpha value is -1.73. The largest absolute Gasteiger partial charge is 0.444 e. The second-order valence-corrected chi connectivity index (χ2v) is 7.31. The molecule has 0 spiro atoms. The Morgan fingerprint density at radius 3 is 2.29 bits per heavy atom. The van der Waals surface area contributed by atoms with Gasteiger partial charge in [-0.3, -0.25) is 10.1 Å². The van der Waals surface area contributed by atoms with Gasteiger partial charge in [-0.05, 0) is 32.9 Å². The molecule has 1 aliphatic heterocycles. The first kappa shape index (κ1) is 18.6. The van der Waals surface area contributed by atoms with E-state index in [2.05, 4.69) is 0 Å². The average molecular weight is 376 g/mol. The van der Waals surface area contributed by atoms with Crippen molar-refractivity contribution in [3.63, 3.8) is 0 Å². The third-order valence-electron chi connectivity index (χ3n) is 3.46. The molecule has 0 aromatic heterocycles. The van der Waals surface area contributed by atoms with E-state index in [9.17, 15) is 14.9 Å². The molecule has 0 saturated carbocycles. The summed E-state index contributed by atoms with van der Waals surface area (Å²) in [5.74, 6) is 0. The highest BCUT2D eigenvalue weighted by Crippen LogP contribution is 2.38. The van der Waals surface area contributed by atoms with Crippen LogP contribution in [-0.4, -0.2) is 47.7 Å². The van der Waals surface area contributed by atoms with E-state index in [1.165, 1.54) is 12.1 Å². The van der Waals surface area contributed by atoms with Crippen LogP contribution in [0.3, 0.4) is 0 Å².